The number of nitrogens with two attached hydrogens (primary N) is 1. The lowest BCUT2D eigenvalue weighted by Gasteiger charge is -2.36. The van der Waals surface area contributed by atoms with Crippen molar-refractivity contribution in [2.75, 3.05) is 13.2 Å². The number of primary amides is 1. The first-order chi connectivity index (χ1) is 18.2. The maximum absolute atomic E-state index is 13.2. The van der Waals surface area contributed by atoms with E-state index in [0.717, 1.165) is 28.9 Å². The Bertz CT molecular complexity index is 1310. The summed E-state index contributed by atoms with van der Waals surface area (Å²) in [5.74, 6) is 1.33. The van der Waals surface area contributed by atoms with Crippen LogP contribution in [0.5, 0.6) is 17.2 Å². The van der Waals surface area contributed by atoms with Crippen LogP contribution in [0, 0.1) is 5.41 Å². The summed E-state index contributed by atoms with van der Waals surface area (Å²) in [6.45, 7) is 7.90. The lowest BCUT2D eigenvalue weighted by Crippen LogP contribution is -2.51. The topological polar surface area (TPSA) is 91.1 Å². The van der Waals surface area contributed by atoms with Crippen LogP contribution in [0.3, 0.4) is 0 Å². The van der Waals surface area contributed by atoms with Crippen LogP contribution in [0.15, 0.2) is 66.7 Å². The lowest BCUT2D eigenvalue weighted by atomic mass is 9.92. The van der Waals surface area contributed by atoms with E-state index in [-0.39, 0.29) is 24.0 Å². The quantitative estimate of drug-likeness (QED) is 0.496. The normalized spacial score (nSPS) is 18.4. The average molecular weight is 515 g/mol. The number of hydrogen-bond acceptors (Lipinski definition) is 5. The second kappa shape index (κ2) is 10.4. The van der Waals surface area contributed by atoms with Crippen LogP contribution in [0.2, 0.25) is 0 Å². The number of hydrogen-bond donors (Lipinski definition) is 1. The van der Waals surface area contributed by atoms with Crippen molar-refractivity contribution in [1.29, 1.82) is 0 Å². The van der Waals surface area contributed by atoms with Crippen LogP contribution in [0.4, 0.5) is 0 Å². The highest BCUT2D eigenvalue weighted by atomic mass is 16.6. The molecule has 0 radical (unpaired) electrons. The van der Waals surface area contributed by atoms with E-state index >= 15 is 0 Å². The Morgan fingerprint density at radius 2 is 1.71 bits per heavy atom. The number of carbonyl (C=O) groups excluding carboxylic acids is 2. The van der Waals surface area contributed by atoms with Gasteiger partial charge in [-0.15, -0.1) is 0 Å². The fourth-order valence-electron chi connectivity index (χ4n) is 4.78. The summed E-state index contributed by atoms with van der Waals surface area (Å²) in [5.41, 5.74) is 9.30. The molecule has 0 aliphatic carbocycles. The van der Waals surface area contributed by atoms with Crippen LogP contribution in [-0.4, -0.2) is 36.0 Å². The van der Waals surface area contributed by atoms with E-state index in [9.17, 15) is 9.59 Å². The van der Waals surface area contributed by atoms with E-state index < -0.39 is 11.9 Å². The van der Waals surface area contributed by atoms with Gasteiger partial charge in [-0.1, -0.05) is 51.1 Å². The van der Waals surface area contributed by atoms with Crippen LogP contribution in [-0.2, 0) is 17.8 Å². The zero-order valence-electron chi connectivity index (χ0n) is 22.1. The predicted octanol–water partition coefficient (Wildman–Crippen LogP) is 5.07. The van der Waals surface area contributed by atoms with Gasteiger partial charge in [0.2, 0.25) is 5.91 Å². The Balaban J connectivity index is 1.32. The van der Waals surface area contributed by atoms with Crippen molar-refractivity contribution in [2.45, 2.75) is 52.3 Å². The van der Waals surface area contributed by atoms with Crippen molar-refractivity contribution in [3.63, 3.8) is 0 Å². The molecule has 0 spiro atoms. The third-order valence-electron chi connectivity index (χ3n) is 7.04. The summed E-state index contributed by atoms with van der Waals surface area (Å²) in [6.07, 6.45) is 1.04. The molecule has 38 heavy (non-hydrogen) atoms. The van der Waals surface area contributed by atoms with E-state index in [4.69, 9.17) is 19.9 Å². The molecule has 2 atom stereocenters. The molecule has 7 nitrogen and oxygen atoms in total. The molecular weight excluding hydrogens is 480 g/mol. The van der Waals surface area contributed by atoms with Gasteiger partial charge in [0.25, 0.3) is 5.91 Å². The third kappa shape index (κ3) is 5.62. The number of fused-ring (bicyclic) bond motifs is 2. The zero-order valence-corrected chi connectivity index (χ0v) is 22.1. The molecule has 0 saturated carbocycles. The molecule has 2 N–H and O–H groups in total. The van der Waals surface area contributed by atoms with Gasteiger partial charge in [0, 0.05) is 18.5 Å². The molecule has 0 saturated heterocycles. The van der Waals surface area contributed by atoms with Crippen LogP contribution < -0.4 is 19.9 Å². The molecular formula is C31H34N2O5. The van der Waals surface area contributed by atoms with Crippen molar-refractivity contribution in [3.8, 4) is 17.2 Å². The molecule has 2 aliphatic rings. The van der Waals surface area contributed by atoms with Gasteiger partial charge in [-0.2, -0.15) is 0 Å². The second-order valence-electron chi connectivity index (χ2n) is 11.1. The van der Waals surface area contributed by atoms with Crippen molar-refractivity contribution in [1.82, 2.24) is 4.90 Å². The standard InChI is InChI=1S/C31H34N2O5/c1-31(2,3)13-14-36-24-11-9-20(10-12-24)28-19-37-26-16-22-15-25(29(32)34)33(18-23(22)17-27(26)38-28)30(35)21-7-5-4-6-8-21/h4-12,16-17,25,28H,13-15,18-19H2,1-3H3,(H2,32,34). The van der Waals surface area contributed by atoms with Gasteiger partial charge in [0.05, 0.1) is 6.61 Å². The highest BCUT2D eigenvalue weighted by molar-refractivity contribution is 5.97. The maximum atomic E-state index is 13.2. The first-order valence-electron chi connectivity index (χ1n) is 13.0. The minimum atomic E-state index is -0.727. The Kier molecular flexibility index (Phi) is 7.02. The Morgan fingerprint density at radius 1 is 1.00 bits per heavy atom. The van der Waals surface area contributed by atoms with E-state index in [2.05, 4.69) is 20.8 Å². The van der Waals surface area contributed by atoms with E-state index in [1.165, 1.54) is 0 Å². The Labute approximate surface area is 223 Å². The van der Waals surface area contributed by atoms with Gasteiger partial charge in [-0.25, -0.2) is 0 Å². The molecule has 3 aromatic carbocycles. The van der Waals surface area contributed by atoms with E-state index in [1.807, 2.05) is 42.5 Å². The molecule has 7 heteroatoms. The van der Waals surface area contributed by atoms with Crippen LogP contribution >= 0.6 is 0 Å². The van der Waals surface area contributed by atoms with Crippen molar-refractivity contribution in [2.24, 2.45) is 11.1 Å². The summed E-state index contributed by atoms with van der Waals surface area (Å²) < 4.78 is 18.3. The van der Waals surface area contributed by atoms with Crippen LogP contribution in [0.1, 0.15) is 60.3 Å². The SMILES string of the molecule is CC(C)(C)CCOc1ccc(C2COc3cc4c(cc3O2)CN(C(=O)c2ccccc2)C(C(N)=O)C4)cc1. The lowest BCUT2D eigenvalue weighted by molar-refractivity contribution is -0.122. The summed E-state index contributed by atoms with van der Waals surface area (Å²) in [7, 11) is 0. The molecule has 0 fully saturated rings. The number of amides is 2. The summed E-state index contributed by atoms with van der Waals surface area (Å²) in [4.78, 5) is 27.1. The fourth-order valence-corrected chi connectivity index (χ4v) is 4.78. The van der Waals surface area contributed by atoms with Gasteiger partial charge < -0.3 is 24.8 Å². The molecule has 2 unspecified atom stereocenters. The maximum Gasteiger partial charge on any atom is 0.254 e. The fraction of sp³-hybridized carbons (Fsp3) is 0.355. The molecule has 198 valence electrons. The summed E-state index contributed by atoms with van der Waals surface area (Å²) >= 11 is 0. The van der Waals surface area contributed by atoms with Gasteiger partial charge in [-0.05, 0) is 64.9 Å². The molecule has 2 aliphatic heterocycles. The number of ether oxygens (including phenoxy) is 3. The number of carbonyl (C=O) groups is 2. The minimum Gasteiger partial charge on any atom is -0.494 e. The van der Waals surface area contributed by atoms with E-state index in [1.54, 1.807) is 29.2 Å². The first-order valence-corrected chi connectivity index (χ1v) is 13.0. The Morgan fingerprint density at radius 3 is 2.39 bits per heavy atom. The molecule has 5 rings (SSSR count). The Hall–Kier alpha value is -4.00. The highest BCUT2D eigenvalue weighted by Crippen LogP contribution is 2.41. The summed E-state index contributed by atoms with van der Waals surface area (Å²) in [5, 5.41) is 0. The average Bonchev–Trinajstić information content (AvgIpc) is 2.90. The van der Waals surface area contributed by atoms with Gasteiger partial charge in [0.1, 0.15) is 18.4 Å². The molecule has 3 aromatic rings. The second-order valence-corrected chi connectivity index (χ2v) is 11.1. The number of nitrogens with zero attached hydrogens (tertiary/aromatic N) is 1. The van der Waals surface area contributed by atoms with Crippen molar-refractivity contribution in [3.05, 3.63) is 89.0 Å². The van der Waals surface area contributed by atoms with Gasteiger partial charge in [0.15, 0.2) is 17.6 Å². The van der Waals surface area contributed by atoms with Gasteiger partial charge in [-0.3, -0.25) is 9.59 Å². The molecule has 2 amide bonds. The monoisotopic (exact) mass is 514 g/mol. The van der Waals surface area contributed by atoms with Crippen molar-refractivity contribution >= 4 is 11.8 Å². The zero-order chi connectivity index (χ0) is 26.9. The first kappa shape index (κ1) is 25.6. The minimum absolute atomic E-state index is 0.224. The predicted molar refractivity (Wildman–Crippen MR) is 144 cm³/mol. The largest absolute Gasteiger partial charge is 0.494 e. The molecule has 2 heterocycles. The smallest absolute Gasteiger partial charge is 0.254 e. The summed E-state index contributed by atoms with van der Waals surface area (Å²) in [6, 6.07) is 20.0. The van der Waals surface area contributed by atoms with Crippen LogP contribution in [0.25, 0.3) is 0 Å². The number of rotatable bonds is 6. The van der Waals surface area contributed by atoms with E-state index in [0.29, 0.717) is 36.7 Å². The molecule has 0 bridgehead atoms. The van der Waals surface area contributed by atoms with Crippen molar-refractivity contribution < 1.29 is 23.8 Å². The number of benzene rings is 3. The third-order valence-corrected chi connectivity index (χ3v) is 7.04. The van der Waals surface area contributed by atoms with Gasteiger partial charge >= 0.3 is 0 Å². The highest BCUT2D eigenvalue weighted by Gasteiger charge is 2.35. The molecule has 0 aromatic heterocycles.